The summed E-state index contributed by atoms with van der Waals surface area (Å²) in [5, 5.41) is 16.6. The van der Waals surface area contributed by atoms with Crippen LogP contribution in [0.1, 0.15) is 54.4 Å². The Morgan fingerprint density at radius 3 is 2.39 bits per heavy atom. The number of pyridine rings is 1. The Kier molecular flexibility index (Phi) is 10.3. The largest absolute Gasteiger partial charge is 0.497 e. The van der Waals surface area contributed by atoms with Crippen LogP contribution in [0.2, 0.25) is 5.02 Å². The molecule has 1 saturated heterocycles. The van der Waals surface area contributed by atoms with Crippen LogP contribution in [0, 0.1) is 11.3 Å². The van der Waals surface area contributed by atoms with Gasteiger partial charge in [0, 0.05) is 40.4 Å². The van der Waals surface area contributed by atoms with Crippen molar-refractivity contribution in [2.45, 2.75) is 83.7 Å². The molecule has 0 bridgehead atoms. The number of hydrogen-bond acceptors (Lipinski definition) is 8. The molecule has 3 amide bonds. The highest BCUT2D eigenvalue weighted by molar-refractivity contribution is 6.33. The van der Waals surface area contributed by atoms with Crippen molar-refractivity contribution in [3.63, 3.8) is 0 Å². The van der Waals surface area contributed by atoms with Gasteiger partial charge in [-0.25, -0.2) is 14.6 Å². The number of amides is 3. The summed E-state index contributed by atoms with van der Waals surface area (Å²) in [6, 6.07) is 12.2. The summed E-state index contributed by atoms with van der Waals surface area (Å²) in [6.07, 6.45) is 0.218. The van der Waals surface area contributed by atoms with Crippen molar-refractivity contribution in [1.82, 2.24) is 20.5 Å². The smallest absolute Gasteiger partial charge is 0.408 e. The second kappa shape index (κ2) is 14.1. The lowest BCUT2D eigenvalue weighted by atomic mass is 9.85. The van der Waals surface area contributed by atoms with Crippen molar-refractivity contribution in [1.29, 1.82) is 0 Å². The number of carboxylic acids is 1. The predicted molar refractivity (Wildman–Crippen MR) is 193 cm³/mol. The minimum atomic E-state index is -1.52. The second-order valence-electron chi connectivity index (χ2n) is 15.1. The quantitative estimate of drug-likeness (QED) is 0.214. The molecule has 2 fully saturated rings. The highest BCUT2D eigenvalue weighted by Gasteiger charge is 2.61. The molecule has 3 aromatic rings. The van der Waals surface area contributed by atoms with Crippen LogP contribution >= 0.6 is 11.6 Å². The van der Waals surface area contributed by atoms with Gasteiger partial charge < -0.3 is 34.9 Å². The summed E-state index contributed by atoms with van der Waals surface area (Å²) in [5.41, 5.74) is -1.35. The van der Waals surface area contributed by atoms with Crippen LogP contribution in [-0.4, -0.2) is 81.8 Å². The van der Waals surface area contributed by atoms with Gasteiger partial charge in [-0.2, -0.15) is 0 Å². The number of nitrogens with one attached hydrogen (secondary N) is 2. The summed E-state index contributed by atoms with van der Waals surface area (Å²) in [7, 11) is 1.56. The van der Waals surface area contributed by atoms with Gasteiger partial charge in [0.15, 0.2) is 0 Å². The first-order valence-corrected chi connectivity index (χ1v) is 17.1. The summed E-state index contributed by atoms with van der Waals surface area (Å²) in [5.74, 6) is -1.81. The number of methoxy groups -OCH3 is 1. The van der Waals surface area contributed by atoms with Crippen LogP contribution in [0.25, 0.3) is 22.2 Å². The molecule has 1 saturated carbocycles. The molecule has 1 aliphatic carbocycles. The molecule has 2 heterocycles. The average molecular weight is 721 g/mol. The number of carbonyl (C=O) groups is 4. The lowest BCUT2D eigenvalue weighted by molar-refractivity contribution is -0.146. The average Bonchev–Trinajstić information content (AvgIpc) is 3.61. The topological polar surface area (TPSA) is 156 Å². The maximum Gasteiger partial charge on any atom is 0.408 e. The Labute approximate surface area is 302 Å². The van der Waals surface area contributed by atoms with Crippen molar-refractivity contribution in [3.05, 3.63) is 66.2 Å². The number of aromatic nitrogens is 1. The van der Waals surface area contributed by atoms with E-state index >= 15 is 0 Å². The van der Waals surface area contributed by atoms with E-state index in [-0.39, 0.29) is 19.4 Å². The van der Waals surface area contributed by atoms with Gasteiger partial charge in [-0.3, -0.25) is 9.59 Å². The Hall–Kier alpha value is -4.84. The van der Waals surface area contributed by atoms with E-state index in [0.29, 0.717) is 38.7 Å². The third kappa shape index (κ3) is 8.06. The molecular weight excluding hydrogens is 676 g/mol. The number of alkyl carbamates (subject to hydrolysis) is 1. The number of carboxylic acid groups (broad SMARTS) is 1. The number of aliphatic carboxylic acids is 1. The number of carbonyl (C=O) groups excluding carboxylic acids is 3. The second-order valence-corrected chi connectivity index (χ2v) is 15.5. The molecule has 5 atom stereocenters. The van der Waals surface area contributed by atoms with E-state index in [9.17, 15) is 24.3 Å². The zero-order chi connectivity index (χ0) is 37.5. The molecule has 272 valence electrons. The minimum Gasteiger partial charge on any atom is -0.497 e. The molecule has 13 heteroatoms. The SMILES string of the molecule is C=C[C@H]1CC1(NC(=O)[C@@H]1C[C@@H](Oc2cc(-c3ccccc3Cl)nc3cc(OC)ccc23)CN1C(=O)[C@@H](NC(=O)OC(C)(C)C)C(C)(C)C)C(=O)O. The normalized spacial score (nSPS) is 22.1. The van der Waals surface area contributed by atoms with Gasteiger partial charge in [0.05, 0.1) is 24.9 Å². The first kappa shape index (κ1) is 37.4. The van der Waals surface area contributed by atoms with E-state index in [2.05, 4.69) is 17.2 Å². The molecular formula is C38H45ClN4O8. The molecule has 0 radical (unpaired) electrons. The summed E-state index contributed by atoms with van der Waals surface area (Å²) in [4.78, 5) is 59.9. The van der Waals surface area contributed by atoms with Crippen molar-refractivity contribution >= 4 is 46.4 Å². The fourth-order valence-corrected chi connectivity index (χ4v) is 6.55. The summed E-state index contributed by atoms with van der Waals surface area (Å²) >= 11 is 6.56. The molecule has 51 heavy (non-hydrogen) atoms. The van der Waals surface area contributed by atoms with E-state index in [1.165, 1.54) is 11.0 Å². The highest BCUT2D eigenvalue weighted by atomic mass is 35.5. The monoisotopic (exact) mass is 720 g/mol. The van der Waals surface area contributed by atoms with Gasteiger partial charge in [-0.1, -0.05) is 56.6 Å². The Bertz CT molecular complexity index is 1870. The molecule has 3 N–H and O–H groups in total. The summed E-state index contributed by atoms with van der Waals surface area (Å²) < 4.78 is 17.5. The molecule has 2 aliphatic rings. The van der Waals surface area contributed by atoms with E-state index in [1.807, 2.05) is 24.3 Å². The van der Waals surface area contributed by atoms with Gasteiger partial charge in [-0.05, 0) is 50.8 Å². The number of benzene rings is 2. The van der Waals surface area contributed by atoms with Crippen LogP contribution in [0.4, 0.5) is 4.79 Å². The number of ether oxygens (including phenoxy) is 3. The van der Waals surface area contributed by atoms with Crippen molar-refractivity contribution in [2.75, 3.05) is 13.7 Å². The zero-order valence-corrected chi connectivity index (χ0v) is 30.7. The van der Waals surface area contributed by atoms with Gasteiger partial charge in [-0.15, -0.1) is 6.58 Å². The number of halogens is 1. The van der Waals surface area contributed by atoms with Crippen LogP contribution in [-0.2, 0) is 19.1 Å². The number of fused-ring (bicyclic) bond motifs is 1. The Morgan fingerprint density at radius 1 is 1.10 bits per heavy atom. The molecule has 12 nitrogen and oxygen atoms in total. The van der Waals surface area contributed by atoms with Crippen molar-refractivity contribution < 1.29 is 38.5 Å². The highest BCUT2D eigenvalue weighted by Crippen LogP contribution is 2.45. The van der Waals surface area contributed by atoms with Crippen LogP contribution in [0.5, 0.6) is 11.5 Å². The van der Waals surface area contributed by atoms with Gasteiger partial charge >= 0.3 is 12.1 Å². The third-order valence-corrected chi connectivity index (χ3v) is 9.40. The van der Waals surface area contributed by atoms with E-state index in [1.54, 1.807) is 72.9 Å². The molecule has 5 rings (SSSR count). The van der Waals surface area contributed by atoms with Gasteiger partial charge in [0.25, 0.3) is 0 Å². The molecule has 2 aromatic carbocycles. The molecule has 1 aromatic heterocycles. The predicted octanol–water partition coefficient (Wildman–Crippen LogP) is 6.00. The number of likely N-dealkylation sites (tertiary alicyclic amines) is 1. The Morgan fingerprint density at radius 2 is 1.80 bits per heavy atom. The standard InChI is InChI=1S/C38H45ClN4O8/c1-9-21-19-38(21,34(46)47)42-32(44)29-17-23(20-43(29)33(45)31(36(2,3)4)41-35(48)51-37(5,6)7)50-30-18-28(24-12-10-11-13-26(24)39)40-27-16-22(49-8)14-15-25(27)30/h9-16,18,21,23,29,31H,1,17,19-20H2,2-8H3,(H,41,48)(H,42,44)(H,46,47)/t21-,23+,29-,31+,38?/m0/s1. The fourth-order valence-electron chi connectivity index (χ4n) is 6.32. The number of nitrogens with zero attached hydrogens (tertiary/aromatic N) is 2. The minimum absolute atomic E-state index is 0.0359. The van der Waals surface area contributed by atoms with Crippen molar-refractivity contribution in [2.24, 2.45) is 11.3 Å². The van der Waals surface area contributed by atoms with Crippen LogP contribution in [0.15, 0.2) is 61.2 Å². The first-order valence-electron chi connectivity index (χ1n) is 16.7. The third-order valence-electron chi connectivity index (χ3n) is 9.07. The molecule has 1 aliphatic heterocycles. The van der Waals surface area contributed by atoms with E-state index < -0.39 is 64.5 Å². The number of rotatable bonds is 10. The maximum absolute atomic E-state index is 14.5. The molecule has 0 spiro atoms. The van der Waals surface area contributed by atoms with Crippen LogP contribution in [0.3, 0.4) is 0 Å². The van der Waals surface area contributed by atoms with Crippen LogP contribution < -0.4 is 20.1 Å². The van der Waals surface area contributed by atoms with E-state index in [4.69, 9.17) is 30.8 Å². The number of hydrogen-bond donors (Lipinski definition) is 3. The fraction of sp³-hybridized carbons (Fsp3) is 0.447. The lowest BCUT2D eigenvalue weighted by Gasteiger charge is -2.35. The zero-order valence-electron chi connectivity index (χ0n) is 29.9. The van der Waals surface area contributed by atoms with Crippen molar-refractivity contribution in [3.8, 4) is 22.8 Å². The maximum atomic E-state index is 14.5. The Balaban J connectivity index is 1.52. The van der Waals surface area contributed by atoms with Gasteiger partial charge in [0.2, 0.25) is 11.8 Å². The summed E-state index contributed by atoms with van der Waals surface area (Å²) in [6.45, 7) is 14.2. The van der Waals surface area contributed by atoms with Gasteiger partial charge in [0.1, 0.15) is 40.8 Å². The van der Waals surface area contributed by atoms with E-state index in [0.717, 1.165) is 0 Å². The first-order chi connectivity index (χ1) is 23.9. The molecule has 1 unspecified atom stereocenters. The lowest BCUT2D eigenvalue weighted by Crippen LogP contribution is -2.59.